The van der Waals surface area contributed by atoms with E-state index in [1.54, 1.807) is 7.11 Å². The van der Waals surface area contributed by atoms with E-state index in [2.05, 4.69) is 16.4 Å². The number of hydrogen-bond donors (Lipinski definition) is 1. The maximum absolute atomic E-state index is 9.11. The van der Waals surface area contributed by atoms with E-state index in [0.29, 0.717) is 17.9 Å². The summed E-state index contributed by atoms with van der Waals surface area (Å²) in [5, 5.41) is 12.3. The van der Waals surface area contributed by atoms with E-state index in [-0.39, 0.29) is 6.10 Å². The van der Waals surface area contributed by atoms with E-state index >= 15 is 0 Å². The van der Waals surface area contributed by atoms with Crippen LogP contribution < -0.4 is 5.32 Å². The Kier molecular flexibility index (Phi) is 3.60. The van der Waals surface area contributed by atoms with E-state index in [4.69, 9.17) is 10.00 Å². The topological polar surface area (TPSA) is 57.9 Å². The van der Waals surface area contributed by atoms with Crippen LogP contribution in [-0.2, 0) is 17.6 Å². The van der Waals surface area contributed by atoms with Gasteiger partial charge < -0.3 is 10.1 Å². The van der Waals surface area contributed by atoms with Crippen molar-refractivity contribution in [1.82, 2.24) is 4.98 Å². The molecule has 0 saturated carbocycles. The highest BCUT2D eigenvalue weighted by Crippen LogP contribution is 2.24. The number of aromatic nitrogens is 1. The number of fused-ring (bicyclic) bond motifs is 1. The molecule has 1 aromatic heterocycles. The van der Waals surface area contributed by atoms with Crippen LogP contribution >= 0.6 is 0 Å². The quantitative estimate of drug-likeness (QED) is 0.859. The summed E-state index contributed by atoms with van der Waals surface area (Å²) in [6, 6.07) is 4.17. The summed E-state index contributed by atoms with van der Waals surface area (Å²) in [5.41, 5.74) is 3.00. The summed E-state index contributed by atoms with van der Waals surface area (Å²) in [4.78, 5) is 4.54. The number of methoxy groups -OCH3 is 1. The first-order valence-corrected chi connectivity index (χ1v) is 5.94. The van der Waals surface area contributed by atoms with E-state index < -0.39 is 0 Å². The normalized spacial score (nSPS) is 15.1. The van der Waals surface area contributed by atoms with Crippen molar-refractivity contribution < 1.29 is 4.74 Å². The standard InChI is InChI=1S/C13H17N3O/c1-9(17-2)8-15-13-11(7-14)6-10-4-3-5-12(10)16-13/h6,9H,3-5,8H2,1-2H3,(H,15,16). The lowest BCUT2D eigenvalue weighted by molar-refractivity contribution is 0.128. The van der Waals surface area contributed by atoms with E-state index in [0.717, 1.165) is 25.0 Å². The molecule has 0 saturated heterocycles. The minimum atomic E-state index is 0.108. The number of nitrogens with one attached hydrogen (secondary N) is 1. The zero-order valence-corrected chi connectivity index (χ0v) is 10.3. The predicted molar refractivity (Wildman–Crippen MR) is 65.9 cm³/mol. The molecule has 0 fully saturated rings. The second-order valence-corrected chi connectivity index (χ2v) is 4.38. The van der Waals surface area contributed by atoms with Crippen molar-refractivity contribution in [1.29, 1.82) is 5.26 Å². The Bertz CT molecular complexity index is 451. The minimum Gasteiger partial charge on any atom is -0.380 e. The fourth-order valence-electron chi connectivity index (χ4n) is 2.02. The molecular formula is C13H17N3O. The Morgan fingerprint density at radius 2 is 2.41 bits per heavy atom. The molecule has 90 valence electrons. The van der Waals surface area contributed by atoms with Crippen molar-refractivity contribution in [2.45, 2.75) is 32.3 Å². The number of nitrogens with zero attached hydrogens (tertiary/aromatic N) is 2. The molecule has 0 bridgehead atoms. The molecule has 1 aliphatic rings. The van der Waals surface area contributed by atoms with Gasteiger partial charge in [-0.2, -0.15) is 5.26 Å². The molecule has 1 atom stereocenters. The summed E-state index contributed by atoms with van der Waals surface area (Å²) >= 11 is 0. The first-order chi connectivity index (χ1) is 8.24. The van der Waals surface area contributed by atoms with E-state index in [1.165, 1.54) is 5.56 Å². The number of anilines is 1. The van der Waals surface area contributed by atoms with Gasteiger partial charge in [0, 0.05) is 19.3 Å². The van der Waals surface area contributed by atoms with Crippen LogP contribution in [-0.4, -0.2) is 24.7 Å². The van der Waals surface area contributed by atoms with Gasteiger partial charge in [-0.15, -0.1) is 0 Å². The molecule has 0 aromatic carbocycles. The fourth-order valence-corrected chi connectivity index (χ4v) is 2.02. The third kappa shape index (κ3) is 2.56. The molecule has 1 heterocycles. The average molecular weight is 231 g/mol. The van der Waals surface area contributed by atoms with E-state index in [1.807, 2.05) is 13.0 Å². The van der Waals surface area contributed by atoms with Crippen molar-refractivity contribution in [2.24, 2.45) is 0 Å². The summed E-state index contributed by atoms with van der Waals surface area (Å²) in [6.45, 7) is 2.64. The highest BCUT2D eigenvalue weighted by Gasteiger charge is 2.16. The van der Waals surface area contributed by atoms with Crippen LogP contribution in [0.5, 0.6) is 0 Å². The molecule has 1 aromatic rings. The molecule has 4 nitrogen and oxygen atoms in total. The van der Waals surface area contributed by atoms with Gasteiger partial charge in [0.25, 0.3) is 0 Å². The Labute approximate surface area is 102 Å². The number of aryl methyl sites for hydroxylation is 2. The van der Waals surface area contributed by atoms with Crippen LogP contribution in [0.1, 0.15) is 30.2 Å². The van der Waals surface area contributed by atoms with Crippen LogP contribution in [0.2, 0.25) is 0 Å². The van der Waals surface area contributed by atoms with Crippen LogP contribution in [0.25, 0.3) is 0 Å². The second kappa shape index (κ2) is 5.15. The molecular weight excluding hydrogens is 214 g/mol. The molecule has 17 heavy (non-hydrogen) atoms. The van der Waals surface area contributed by atoms with Gasteiger partial charge in [-0.1, -0.05) is 0 Å². The number of pyridine rings is 1. The molecule has 0 amide bonds. The predicted octanol–water partition coefficient (Wildman–Crippen LogP) is 1.89. The van der Waals surface area contributed by atoms with Gasteiger partial charge in [-0.05, 0) is 37.8 Å². The van der Waals surface area contributed by atoms with Crippen molar-refractivity contribution >= 4 is 5.82 Å². The first-order valence-electron chi connectivity index (χ1n) is 5.94. The first kappa shape index (κ1) is 11.9. The van der Waals surface area contributed by atoms with Gasteiger partial charge in [-0.3, -0.25) is 0 Å². The largest absolute Gasteiger partial charge is 0.380 e. The van der Waals surface area contributed by atoms with Crippen molar-refractivity contribution in [3.63, 3.8) is 0 Å². The smallest absolute Gasteiger partial charge is 0.144 e. The van der Waals surface area contributed by atoms with Gasteiger partial charge in [0.1, 0.15) is 11.9 Å². The van der Waals surface area contributed by atoms with Gasteiger partial charge in [0.05, 0.1) is 11.7 Å². The monoisotopic (exact) mass is 231 g/mol. The zero-order valence-electron chi connectivity index (χ0n) is 10.3. The average Bonchev–Trinajstić information content (AvgIpc) is 2.81. The molecule has 1 aliphatic carbocycles. The maximum atomic E-state index is 9.11. The third-order valence-corrected chi connectivity index (χ3v) is 3.13. The van der Waals surface area contributed by atoms with Gasteiger partial charge in [-0.25, -0.2) is 4.98 Å². The van der Waals surface area contributed by atoms with Crippen LogP contribution in [0, 0.1) is 11.3 Å². The number of ether oxygens (including phenoxy) is 1. The Hall–Kier alpha value is -1.60. The Morgan fingerprint density at radius 1 is 1.59 bits per heavy atom. The van der Waals surface area contributed by atoms with Crippen LogP contribution in [0.15, 0.2) is 6.07 Å². The van der Waals surface area contributed by atoms with Crippen molar-refractivity contribution in [2.75, 3.05) is 19.0 Å². The highest BCUT2D eigenvalue weighted by atomic mass is 16.5. The second-order valence-electron chi connectivity index (χ2n) is 4.38. The SMILES string of the molecule is COC(C)CNc1nc2c(cc1C#N)CCC2. The molecule has 0 radical (unpaired) electrons. The number of nitriles is 1. The lowest BCUT2D eigenvalue weighted by atomic mass is 10.1. The Balaban J connectivity index is 2.18. The molecule has 2 rings (SSSR count). The third-order valence-electron chi connectivity index (χ3n) is 3.13. The summed E-state index contributed by atoms with van der Waals surface area (Å²) < 4.78 is 5.16. The Morgan fingerprint density at radius 3 is 3.12 bits per heavy atom. The van der Waals surface area contributed by atoms with Crippen LogP contribution in [0.3, 0.4) is 0 Å². The van der Waals surface area contributed by atoms with Gasteiger partial charge in [0.2, 0.25) is 0 Å². The molecule has 1 unspecified atom stereocenters. The zero-order chi connectivity index (χ0) is 12.3. The van der Waals surface area contributed by atoms with Gasteiger partial charge >= 0.3 is 0 Å². The molecule has 1 N–H and O–H groups in total. The summed E-state index contributed by atoms with van der Waals surface area (Å²) in [6.07, 6.45) is 3.32. The van der Waals surface area contributed by atoms with Crippen molar-refractivity contribution in [3.05, 3.63) is 22.9 Å². The summed E-state index contributed by atoms with van der Waals surface area (Å²) in [7, 11) is 1.67. The fraction of sp³-hybridized carbons (Fsp3) is 0.538. The van der Waals surface area contributed by atoms with Crippen LogP contribution in [0.4, 0.5) is 5.82 Å². The summed E-state index contributed by atoms with van der Waals surface area (Å²) in [5.74, 6) is 0.692. The lowest BCUT2D eigenvalue weighted by Crippen LogP contribution is -2.19. The van der Waals surface area contributed by atoms with Gasteiger partial charge in [0.15, 0.2) is 0 Å². The number of hydrogen-bond acceptors (Lipinski definition) is 4. The van der Waals surface area contributed by atoms with E-state index in [9.17, 15) is 0 Å². The highest BCUT2D eigenvalue weighted by molar-refractivity contribution is 5.55. The maximum Gasteiger partial charge on any atom is 0.144 e. The number of rotatable bonds is 4. The molecule has 0 spiro atoms. The molecule has 4 heteroatoms. The lowest BCUT2D eigenvalue weighted by Gasteiger charge is -2.13. The van der Waals surface area contributed by atoms with Crippen molar-refractivity contribution in [3.8, 4) is 6.07 Å². The molecule has 0 aliphatic heterocycles. The minimum absolute atomic E-state index is 0.108.